The second-order valence-corrected chi connectivity index (χ2v) is 8.93. The number of nitrogens with zero attached hydrogens (tertiary/aromatic N) is 3. The molecular formula is C25H24F3N3O. The summed E-state index contributed by atoms with van der Waals surface area (Å²) < 4.78 is 44.6. The average molecular weight is 439 g/mol. The molecule has 0 bridgehead atoms. The van der Waals surface area contributed by atoms with E-state index in [-0.39, 0.29) is 11.5 Å². The summed E-state index contributed by atoms with van der Waals surface area (Å²) in [5, 5.41) is 0. The minimum atomic E-state index is -4.41. The maximum absolute atomic E-state index is 12.7. The predicted molar refractivity (Wildman–Crippen MR) is 115 cm³/mol. The Hall–Kier alpha value is -2.93. The molecule has 2 fully saturated rings. The molecular weight excluding hydrogens is 415 g/mol. The summed E-state index contributed by atoms with van der Waals surface area (Å²) in [6.07, 6.45) is 2.61. The Balaban J connectivity index is 1.21. The Labute approximate surface area is 185 Å². The van der Waals surface area contributed by atoms with Gasteiger partial charge in [0, 0.05) is 30.9 Å². The Bertz CT molecular complexity index is 1030. The fourth-order valence-corrected chi connectivity index (χ4v) is 5.02. The van der Waals surface area contributed by atoms with Crippen LogP contribution in [0.3, 0.4) is 0 Å². The van der Waals surface area contributed by atoms with E-state index in [1.54, 1.807) is 6.20 Å². The third-order valence-corrected chi connectivity index (χ3v) is 6.56. The van der Waals surface area contributed by atoms with E-state index in [0.717, 1.165) is 48.8 Å². The summed E-state index contributed by atoms with van der Waals surface area (Å²) in [6.45, 7) is 2.23. The smallest absolute Gasteiger partial charge is 0.369 e. The van der Waals surface area contributed by atoms with E-state index in [2.05, 4.69) is 33.1 Å². The lowest BCUT2D eigenvalue weighted by atomic mass is 9.55. The molecule has 0 N–H and O–H groups in total. The first-order valence-corrected chi connectivity index (χ1v) is 10.8. The standard InChI is InChI=1S/C25H24F3N3O/c26-25(27,28)22-9-8-21(14-30-22)31-16-24(17-31)11-20(12-24)23(19-7-4-10-29-13-19)32-15-18-5-2-1-3-6-18/h1-10,13-14,20,23H,11-12,15-17H2. The summed E-state index contributed by atoms with van der Waals surface area (Å²) in [4.78, 5) is 9.96. The van der Waals surface area contributed by atoms with Crippen LogP contribution in [0, 0.1) is 11.3 Å². The number of rotatable bonds is 6. The van der Waals surface area contributed by atoms with Crippen molar-refractivity contribution in [2.24, 2.45) is 11.3 Å². The Morgan fingerprint density at radius 2 is 1.78 bits per heavy atom. The lowest BCUT2D eigenvalue weighted by molar-refractivity contribution is -0.141. The third-order valence-electron chi connectivity index (χ3n) is 6.56. The molecule has 1 aromatic carbocycles. The van der Waals surface area contributed by atoms with Gasteiger partial charge < -0.3 is 9.64 Å². The van der Waals surface area contributed by atoms with Crippen molar-refractivity contribution in [2.75, 3.05) is 18.0 Å². The molecule has 1 spiro atoms. The molecule has 166 valence electrons. The molecule has 32 heavy (non-hydrogen) atoms. The van der Waals surface area contributed by atoms with Gasteiger partial charge >= 0.3 is 6.18 Å². The van der Waals surface area contributed by atoms with Gasteiger partial charge in [0.1, 0.15) is 5.69 Å². The molecule has 2 aromatic heterocycles. The largest absolute Gasteiger partial charge is 0.433 e. The van der Waals surface area contributed by atoms with Crippen LogP contribution in [0.1, 0.15) is 35.8 Å². The molecule has 1 saturated carbocycles. The van der Waals surface area contributed by atoms with Gasteiger partial charge in [0.05, 0.1) is 24.6 Å². The molecule has 1 saturated heterocycles. The number of hydrogen-bond donors (Lipinski definition) is 0. The maximum Gasteiger partial charge on any atom is 0.433 e. The maximum atomic E-state index is 12.7. The molecule has 2 aliphatic rings. The summed E-state index contributed by atoms with van der Waals surface area (Å²) in [5.74, 6) is 0.399. The number of benzene rings is 1. The van der Waals surface area contributed by atoms with Gasteiger partial charge in [0.25, 0.3) is 0 Å². The highest BCUT2D eigenvalue weighted by molar-refractivity contribution is 5.49. The zero-order valence-corrected chi connectivity index (χ0v) is 17.5. The molecule has 3 heterocycles. The third kappa shape index (κ3) is 4.21. The van der Waals surface area contributed by atoms with Crippen molar-refractivity contribution < 1.29 is 17.9 Å². The van der Waals surface area contributed by atoms with Crippen LogP contribution in [0.25, 0.3) is 0 Å². The van der Waals surface area contributed by atoms with Crippen molar-refractivity contribution in [1.82, 2.24) is 9.97 Å². The van der Waals surface area contributed by atoms with Crippen molar-refractivity contribution in [2.45, 2.75) is 31.7 Å². The first-order chi connectivity index (χ1) is 15.4. The predicted octanol–water partition coefficient (Wildman–Crippen LogP) is 5.67. The van der Waals surface area contributed by atoms with Gasteiger partial charge in [-0.2, -0.15) is 13.2 Å². The van der Waals surface area contributed by atoms with Crippen molar-refractivity contribution in [3.05, 3.63) is 90.0 Å². The van der Waals surface area contributed by atoms with Crippen LogP contribution in [-0.4, -0.2) is 23.1 Å². The lowest BCUT2D eigenvalue weighted by Gasteiger charge is -2.61. The Morgan fingerprint density at radius 3 is 2.41 bits per heavy atom. The van der Waals surface area contributed by atoms with E-state index >= 15 is 0 Å². The van der Waals surface area contributed by atoms with Crippen LogP contribution in [0.15, 0.2) is 73.2 Å². The van der Waals surface area contributed by atoms with E-state index in [0.29, 0.717) is 12.5 Å². The number of hydrogen-bond acceptors (Lipinski definition) is 4. The highest BCUT2D eigenvalue weighted by Crippen LogP contribution is 2.57. The van der Waals surface area contributed by atoms with E-state index < -0.39 is 11.9 Å². The quantitative estimate of drug-likeness (QED) is 0.496. The fraction of sp³-hybridized carbons (Fsp3) is 0.360. The van der Waals surface area contributed by atoms with Crippen molar-refractivity contribution in [3.8, 4) is 0 Å². The topological polar surface area (TPSA) is 38.2 Å². The zero-order valence-electron chi connectivity index (χ0n) is 17.5. The number of halogens is 3. The normalized spacial score (nSPS) is 18.8. The number of aromatic nitrogens is 2. The van der Waals surface area contributed by atoms with Gasteiger partial charge in [-0.15, -0.1) is 0 Å². The second-order valence-electron chi connectivity index (χ2n) is 8.93. The molecule has 7 heteroatoms. The lowest BCUT2D eigenvalue weighted by Crippen LogP contribution is -2.63. The number of pyridine rings is 2. The van der Waals surface area contributed by atoms with Crippen LogP contribution in [0.2, 0.25) is 0 Å². The SMILES string of the molecule is FC(F)(F)c1ccc(N2CC3(CC(C(OCc4ccccc4)c4cccnc4)C3)C2)cn1. The van der Waals surface area contributed by atoms with Crippen LogP contribution >= 0.6 is 0 Å². The van der Waals surface area contributed by atoms with Crippen molar-refractivity contribution >= 4 is 5.69 Å². The first kappa shape index (κ1) is 20.9. The Kier molecular flexibility index (Phi) is 5.37. The van der Waals surface area contributed by atoms with E-state index in [1.165, 1.54) is 12.3 Å². The van der Waals surface area contributed by atoms with E-state index in [4.69, 9.17) is 4.74 Å². The van der Waals surface area contributed by atoms with Crippen molar-refractivity contribution in [1.29, 1.82) is 0 Å². The molecule has 1 aliphatic carbocycles. The van der Waals surface area contributed by atoms with E-state index in [1.807, 2.05) is 30.5 Å². The zero-order chi connectivity index (χ0) is 22.2. The number of alkyl halides is 3. The molecule has 3 aromatic rings. The molecule has 1 aliphatic heterocycles. The van der Waals surface area contributed by atoms with Gasteiger partial charge in [0.2, 0.25) is 0 Å². The van der Waals surface area contributed by atoms with Gasteiger partial charge in [-0.1, -0.05) is 36.4 Å². The van der Waals surface area contributed by atoms with Crippen LogP contribution in [0.5, 0.6) is 0 Å². The summed E-state index contributed by atoms with van der Waals surface area (Å²) in [7, 11) is 0. The molecule has 1 atom stereocenters. The average Bonchev–Trinajstić information content (AvgIpc) is 2.75. The molecule has 5 rings (SSSR count). The molecule has 0 amide bonds. The first-order valence-electron chi connectivity index (χ1n) is 10.8. The minimum absolute atomic E-state index is 0.0173. The van der Waals surface area contributed by atoms with Gasteiger partial charge in [-0.3, -0.25) is 4.98 Å². The van der Waals surface area contributed by atoms with Gasteiger partial charge in [-0.25, -0.2) is 4.98 Å². The minimum Gasteiger partial charge on any atom is -0.369 e. The van der Waals surface area contributed by atoms with Crippen LogP contribution in [-0.2, 0) is 17.5 Å². The Morgan fingerprint density at radius 1 is 1.00 bits per heavy atom. The van der Waals surface area contributed by atoms with Crippen LogP contribution < -0.4 is 4.90 Å². The second kappa shape index (κ2) is 8.20. The van der Waals surface area contributed by atoms with E-state index in [9.17, 15) is 13.2 Å². The summed E-state index contributed by atoms with van der Waals surface area (Å²) in [5.41, 5.74) is 2.34. The fourth-order valence-electron chi connectivity index (χ4n) is 5.02. The highest BCUT2D eigenvalue weighted by atomic mass is 19.4. The van der Waals surface area contributed by atoms with Gasteiger partial charge in [0.15, 0.2) is 0 Å². The summed E-state index contributed by atoms with van der Waals surface area (Å²) in [6, 6.07) is 16.7. The van der Waals surface area contributed by atoms with Crippen LogP contribution in [0.4, 0.5) is 18.9 Å². The molecule has 4 nitrogen and oxygen atoms in total. The number of anilines is 1. The highest BCUT2D eigenvalue weighted by Gasteiger charge is 2.54. The molecule has 0 radical (unpaired) electrons. The number of ether oxygens (including phenoxy) is 1. The monoisotopic (exact) mass is 439 g/mol. The summed E-state index contributed by atoms with van der Waals surface area (Å²) >= 11 is 0. The molecule has 1 unspecified atom stereocenters. The van der Waals surface area contributed by atoms with Gasteiger partial charge in [-0.05, 0) is 48.1 Å². The van der Waals surface area contributed by atoms with Crippen molar-refractivity contribution in [3.63, 3.8) is 0 Å².